The molecule has 4 heteroatoms. The van der Waals surface area contributed by atoms with Crippen LogP contribution in [-0.2, 0) is 15.1 Å². The number of rotatable bonds is 4. The Kier molecular flexibility index (Phi) is 3.71. The fraction of sp³-hybridized carbons (Fsp3) is 0.133. The van der Waals surface area contributed by atoms with E-state index >= 15 is 0 Å². The first kappa shape index (κ1) is 13.0. The summed E-state index contributed by atoms with van der Waals surface area (Å²) in [5.74, 6) is -0.695. The van der Waals surface area contributed by atoms with E-state index in [0.717, 1.165) is 0 Å². The van der Waals surface area contributed by atoms with Gasteiger partial charge in [-0.1, -0.05) is 60.7 Å². The SMILES string of the molecule is COC(=O)C(N=O)(c1ccccc1)c1ccccc1. The van der Waals surface area contributed by atoms with E-state index in [4.69, 9.17) is 4.74 Å². The zero-order valence-electron chi connectivity index (χ0n) is 10.4. The smallest absolute Gasteiger partial charge is 0.346 e. The summed E-state index contributed by atoms with van der Waals surface area (Å²) in [6, 6.07) is 17.4. The van der Waals surface area contributed by atoms with Gasteiger partial charge >= 0.3 is 5.97 Å². The minimum absolute atomic E-state index is 0.489. The lowest BCUT2D eigenvalue weighted by molar-refractivity contribution is -0.145. The Labute approximate surface area is 111 Å². The third-order valence-electron chi connectivity index (χ3n) is 3.00. The molecule has 0 amide bonds. The molecule has 0 N–H and O–H groups in total. The van der Waals surface area contributed by atoms with Gasteiger partial charge in [-0.3, -0.25) is 0 Å². The fourth-order valence-corrected chi connectivity index (χ4v) is 2.05. The van der Waals surface area contributed by atoms with Crippen molar-refractivity contribution in [3.8, 4) is 0 Å². The predicted molar refractivity (Wildman–Crippen MR) is 71.5 cm³/mol. The first-order valence-corrected chi connectivity index (χ1v) is 5.79. The molecule has 0 spiro atoms. The van der Waals surface area contributed by atoms with Crippen molar-refractivity contribution >= 4 is 5.97 Å². The van der Waals surface area contributed by atoms with Gasteiger partial charge in [0, 0.05) is 0 Å². The molecule has 0 aromatic heterocycles. The molecular formula is C15H13NO3. The lowest BCUT2D eigenvalue weighted by atomic mass is 9.84. The van der Waals surface area contributed by atoms with Gasteiger partial charge in [-0.25, -0.2) is 4.79 Å². The Morgan fingerprint density at radius 2 is 1.37 bits per heavy atom. The second kappa shape index (κ2) is 5.44. The third kappa shape index (κ3) is 2.12. The molecule has 0 heterocycles. The quantitative estimate of drug-likeness (QED) is 0.623. The van der Waals surface area contributed by atoms with Gasteiger partial charge in [0.25, 0.3) is 0 Å². The van der Waals surface area contributed by atoms with E-state index in [0.29, 0.717) is 11.1 Å². The maximum Gasteiger partial charge on any atom is 0.346 e. The van der Waals surface area contributed by atoms with Gasteiger partial charge < -0.3 is 4.74 Å². The minimum Gasteiger partial charge on any atom is -0.467 e. The molecular weight excluding hydrogens is 242 g/mol. The molecule has 19 heavy (non-hydrogen) atoms. The van der Waals surface area contributed by atoms with Crippen LogP contribution in [0.3, 0.4) is 0 Å². The van der Waals surface area contributed by atoms with Crippen molar-refractivity contribution in [1.29, 1.82) is 0 Å². The number of benzene rings is 2. The molecule has 0 unspecified atom stereocenters. The maximum atomic E-state index is 12.1. The summed E-state index contributed by atoms with van der Waals surface area (Å²) in [6.45, 7) is 0. The maximum absolute atomic E-state index is 12.1. The van der Waals surface area contributed by atoms with Crippen LogP contribution in [0.2, 0.25) is 0 Å². The average Bonchev–Trinajstić information content (AvgIpc) is 2.50. The molecule has 0 radical (unpaired) electrons. The summed E-state index contributed by atoms with van der Waals surface area (Å²) < 4.78 is 4.78. The van der Waals surface area contributed by atoms with Gasteiger partial charge in [0.15, 0.2) is 0 Å². The number of ether oxygens (including phenoxy) is 1. The molecule has 0 aliphatic carbocycles. The molecule has 96 valence electrons. The molecule has 0 fully saturated rings. The van der Waals surface area contributed by atoms with Gasteiger partial charge in [-0.2, -0.15) is 0 Å². The topological polar surface area (TPSA) is 55.7 Å². The number of nitrogens with zero attached hydrogens (tertiary/aromatic N) is 1. The van der Waals surface area contributed by atoms with Crippen LogP contribution in [0.1, 0.15) is 11.1 Å². The standard InChI is InChI=1S/C15H13NO3/c1-19-14(17)15(16-18,12-8-4-2-5-9-12)13-10-6-3-7-11-13/h2-11H,1H3. The Bertz CT molecular complexity index is 527. The number of carbonyl (C=O) groups is 1. The molecule has 0 saturated carbocycles. The van der Waals surface area contributed by atoms with Gasteiger partial charge in [0.2, 0.25) is 5.54 Å². The lowest BCUT2D eigenvalue weighted by Crippen LogP contribution is -2.36. The summed E-state index contributed by atoms with van der Waals surface area (Å²) >= 11 is 0. The zero-order valence-corrected chi connectivity index (χ0v) is 10.4. The molecule has 0 saturated heterocycles. The van der Waals surface area contributed by atoms with Crippen molar-refractivity contribution < 1.29 is 9.53 Å². The van der Waals surface area contributed by atoms with Gasteiger partial charge in [-0.15, -0.1) is 4.91 Å². The minimum atomic E-state index is -1.66. The zero-order chi connectivity index (χ0) is 13.7. The van der Waals surface area contributed by atoms with Crippen LogP contribution in [0.5, 0.6) is 0 Å². The largest absolute Gasteiger partial charge is 0.467 e. The van der Waals surface area contributed by atoms with Crippen molar-refractivity contribution in [2.24, 2.45) is 5.18 Å². The average molecular weight is 255 g/mol. The Morgan fingerprint density at radius 3 is 1.68 bits per heavy atom. The second-order valence-corrected chi connectivity index (χ2v) is 4.03. The van der Waals surface area contributed by atoms with E-state index in [9.17, 15) is 9.70 Å². The van der Waals surface area contributed by atoms with Crippen molar-refractivity contribution in [3.63, 3.8) is 0 Å². The highest BCUT2D eigenvalue weighted by atomic mass is 16.5. The van der Waals surface area contributed by atoms with Crippen molar-refractivity contribution in [2.45, 2.75) is 5.54 Å². The summed E-state index contributed by atoms with van der Waals surface area (Å²) in [4.78, 5) is 23.6. The Morgan fingerprint density at radius 1 is 0.947 bits per heavy atom. The van der Waals surface area contributed by atoms with E-state index in [1.807, 2.05) is 0 Å². The number of hydrogen-bond acceptors (Lipinski definition) is 4. The lowest BCUT2D eigenvalue weighted by Gasteiger charge is -2.24. The monoisotopic (exact) mass is 255 g/mol. The van der Waals surface area contributed by atoms with Crippen molar-refractivity contribution in [3.05, 3.63) is 76.7 Å². The van der Waals surface area contributed by atoms with Crippen LogP contribution in [0.15, 0.2) is 65.8 Å². The van der Waals surface area contributed by atoms with Crippen molar-refractivity contribution in [2.75, 3.05) is 7.11 Å². The summed E-state index contributed by atoms with van der Waals surface area (Å²) in [5.41, 5.74) is -0.678. The Balaban J connectivity index is 2.69. The highest BCUT2D eigenvalue weighted by Crippen LogP contribution is 2.34. The van der Waals surface area contributed by atoms with E-state index in [-0.39, 0.29) is 0 Å². The predicted octanol–water partition coefficient (Wildman–Crippen LogP) is 2.87. The van der Waals surface area contributed by atoms with Crippen LogP contribution in [-0.4, -0.2) is 13.1 Å². The highest BCUT2D eigenvalue weighted by Gasteiger charge is 2.45. The van der Waals surface area contributed by atoms with E-state index in [1.165, 1.54) is 7.11 Å². The van der Waals surface area contributed by atoms with Crippen molar-refractivity contribution in [1.82, 2.24) is 0 Å². The summed E-state index contributed by atoms with van der Waals surface area (Å²) in [7, 11) is 1.24. The number of nitroso groups, excluding NO2 is 1. The molecule has 2 aromatic carbocycles. The number of carbonyl (C=O) groups excluding carboxylic acids is 1. The first-order valence-electron chi connectivity index (χ1n) is 5.79. The highest BCUT2D eigenvalue weighted by molar-refractivity contribution is 5.87. The normalized spacial score (nSPS) is 10.8. The number of methoxy groups -OCH3 is 1. The molecule has 0 aliphatic rings. The molecule has 2 aromatic rings. The number of hydrogen-bond donors (Lipinski definition) is 0. The van der Waals surface area contributed by atoms with E-state index < -0.39 is 11.5 Å². The molecule has 0 bridgehead atoms. The van der Waals surface area contributed by atoms with Gasteiger partial charge in [0.1, 0.15) is 0 Å². The Hall–Kier alpha value is -2.49. The van der Waals surface area contributed by atoms with Gasteiger partial charge in [-0.05, 0) is 16.3 Å². The number of esters is 1. The molecule has 0 aliphatic heterocycles. The van der Waals surface area contributed by atoms with Crippen LogP contribution in [0, 0.1) is 4.91 Å². The fourth-order valence-electron chi connectivity index (χ4n) is 2.05. The summed E-state index contributed by atoms with van der Waals surface area (Å²) in [5, 5.41) is 3.11. The first-order chi connectivity index (χ1) is 9.25. The molecule has 0 atom stereocenters. The van der Waals surface area contributed by atoms with E-state index in [1.54, 1.807) is 60.7 Å². The second-order valence-electron chi connectivity index (χ2n) is 4.03. The molecule has 2 rings (SSSR count). The third-order valence-corrected chi connectivity index (χ3v) is 3.00. The molecule has 4 nitrogen and oxygen atoms in total. The van der Waals surface area contributed by atoms with E-state index in [2.05, 4.69) is 5.18 Å². The summed E-state index contributed by atoms with van der Waals surface area (Å²) in [6.07, 6.45) is 0. The van der Waals surface area contributed by atoms with Crippen LogP contribution < -0.4 is 0 Å². The van der Waals surface area contributed by atoms with Gasteiger partial charge in [0.05, 0.1) is 7.11 Å². The van der Waals surface area contributed by atoms with Crippen LogP contribution in [0.4, 0.5) is 0 Å². The van der Waals surface area contributed by atoms with Crippen LogP contribution >= 0.6 is 0 Å². The van der Waals surface area contributed by atoms with Crippen LogP contribution in [0.25, 0.3) is 0 Å².